The van der Waals surface area contributed by atoms with Gasteiger partial charge in [0, 0.05) is 10.7 Å². The molecule has 1 aliphatic carbocycles. The Morgan fingerprint density at radius 2 is 1.23 bits per heavy atom. The topological polar surface area (TPSA) is 34.1 Å². The zero-order valence-electron chi connectivity index (χ0n) is 7.84. The van der Waals surface area contributed by atoms with E-state index in [1.54, 1.807) is 0 Å². The van der Waals surface area contributed by atoms with E-state index in [0.29, 0.717) is 0 Å². The lowest BCUT2D eigenvalue weighted by molar-refractivity contribution is 0.560. The second kappa shape index (κ2) is 5.20. The minimum absolute atomic E-state index is 0.285. The largest absolute Gasteiger partial charge is 0.235 e. The van der Waals surface area contributed by atoms with Gasteiger partial charge in [0.25, 0.3) is 0 Å². The fourth-order valence-corrected chi connectivity index (χ4v) is 3.31. The minimum atomic E-state index is -3.31. The van der Waals surface area contributed by atoms with Gasteiger partial charge < -0.3 is 0 Å². The molecule has 0 spiro atoms. The summed E-state index contributed by atoms with van der Waals surface area (Å²) in [6.45, 7) is 0. The summed E-state index contributed by atoms with van der Waals surface area (Å²) in [6.07, 6.45) is 8.33. The van der Waals surface area contributed by atoms with Crippen LogP contribution < -0.4 is 0 Å². The van der Waals surface area contributed by atoms with Crippen LogP contribution in [0.15, 0.2) is 0 Å². The van der Waals surface area contributed by atoms with Crippen molar-refractivity contribution in [3.63, 3.8) is 0 Å². The molecule has 13 heavy (non-hydrogen) atoms. The molecule has 0 amide bonds. The van der Waals surface area contributed by atoms with Gasteiger partial charge in [0.15, 0.2) is 0 Å². The van der Waals surface area contributed by atoms with Crippen LogP contribution in [-0.2, 0) is 9.05 Å². The van der Waals surface area contributed by atoms with Crippen molar-refractivity contribution in [3.8, 4) is 0 Å². The van der Waals surface area contributed by atoms with E-state index in [2.05, 4.69) is 0 Å². The third-order valence-electron chi connectivity index (χ3n) is 2.70. The molecule has 0 heterocycles. The van der Waals surface area contributed by atoms with Crippen molar-refractivity contribution in [1.82, 2.24) is 0 Å². The van der Waals surface area contributed by atoms with E-state index >= 15 is 0 Å². The van der Waals surface area contributed by atoms with Crippen LogP contribution >= 0.6 is 10.7 Å². The number of hydrogen-bond donors (Lipinski definition) is 0. The zero-order valence-corrected chi connectivity index (χ0v) is 9.41. The molecule has 0 bridgehead atoms. The Morgan fingerprint density at radius 1 is 0.846 bits per heavy atom. The third kappa shape index (κ3) is 4.32. The van der Waals surface area contributed by atoms with Gasteiger partial charge in [0.05, 0.1) is 5.25 Å². The summed E-state index contributed by atoms with van der Waals surface area (Å²) in [5, 5.41) is -0.285. The summed E-state index contributed by atoms with van der Waals surface area (Å²) < 4.78 is 22.3. The highest BCUT2D eigenvalue weighted by atomic mass is 35.7. The summed E-state index contributed by atoms with van der Waals surface area (Å²) in [4.78, 5) is 0. The molecule has 0 radical (unpaired) electrons. The van der Waals surface area contributed by atoms with Crippen molar-refractivity contribution in [3.05, 3.63) is 0 Å². The fraction of sp³-hybridized carbons (Fsp3) is 1.00. The van der Waals surface area contributed by atoms with E-state index in [-0.39, 0.29) is 5.25 Å². The van der Waals surface area contributed by atoms with Crippen molar-refractivity contribution in [2.45, 2.75) is 56.6 Å². The van der Waals surface area contributed by atoms with Gasteiger partial charge in [-0.2, -0.15) is 0 Å². The molecule has 78 valence electrons. The lowest BCUT2D eigenvalue weighted by atomic mass is 10.1. The van der Waals surface area contributed by atoms with Crippen LogP contribution in [0.5, 0.6) is 0 Å². The van der Waals surface area contributed by atoms with Crippen molar-refractivity contribution >= 4 is 19.7 Å². The van der Waals surface area contributed by atoms with Gasteiger partial charge in [0.1, 0.15) is 0 Å². The molecule has 4 heteroatoms. The number of halogens is 1. The van der Waals surface area contributed by atoms with Crippen LogP contribution in [0.4, 0.5) is 0 Å². The average molecular weight is 225 g/mol. The second-order valence-corrected chi connectivity index (χ2v) is 6.70. The van der Waals surface area contributed by atoms with Crippen molar-refractivity contribution in [2.75, 3.05) is 0 Å². The van der Waals surface area contributed by atoms with Gasteiger partial charge in [-0.15, -0.1) is 0 Å². The predicted molar refractivity (Wildman–Crippen MR) is 55.5 cm³/mol. The first-order valence-electron chi connectivity index (χ1n) is 5.04. The van der Waals surface area contributed by atoms with E-state index in [1.165, 1.54) is 12.8 Å². The molecule has 0 N–H and O–H groups in total. The maximum Gasteiger partial charge on any atom is 0.235 e. The molecule has 0 saturated heterocycles. The SMILES string of the molecule is O=S(=O)(Cl)C1CCCCCCCC1. The predicted octanol–water partition coefficient (Wildman–Crippen LogP) is 3.06. The highest BCUT2D eigenvalue weighted by Crippen LogP contribution is 2.23. The number of hydrogen-bond acceptors (Lipinski definition) is 2. The lowest BCUT2D eigenvalue weighted by Gasteiger charge is -2.10. The lowest BCUT2D eigenvalue weighted by Crippen LogP contribution is -2.15. The van der Waals surface area contributed by atoms with Gasteiger partial charge in [-0.1, -0.05) is 38.5 Å². The van der Waals surface area contributed by atoms with E-state index in [0.717, 1.165) is 38.5 Å². The Bertz CT molecular complexity index is 226. The summed E-state index contributed by atoms with van der Waals surface area (Å²) in [5.74, 6) is 0. The molecule has 1 saturated carbocycles. The molecule has 1 aliphatic rings. The molecule has 0 aromatic carbocycles. The van der Waals surface area contributed by atoms with Gasteiger partial charge in [0.2, 0.25) is 9.05 Å². The third-order valence-corrected chi connectivity index (χ3v) is 4.72. The van der Waals surface area contributed by atoms with Crippen molar-refractivity contribution in [2.24, 2.45) is 0 Å². The summed E-state index contributed by atoms with van der Waals surface area (Å²) in [7, 11) is 2.05. The Morgan fingerprint density at radius 3 is 1.62 bits per heavy atom. The fourth-order valence-electron chi connectivity index (χ4n) is 1.88. The van der Waals surface area contributed by atoms with E-state index in [4.69, 9.17) is 10.7 Å². The van der Waals surface area contributed by atoms with Crippen LogP contribution in [-0.4, -0.2) is 13.7 Å². The molecule has 0 atom stereocenters. The van der Waals surface area contributed by atoms with E-state index in [1.807, 2.05) is 0 Å². The van der Waals surface area contributed by atoms with Crippen molar-refractivity contribution < 1.29 is 8.42 Å². The number of rotatable bonds is 1. The highest BCUT2D eigenvalue weighted by molar-refractivity contribution is 8.14. The molecule has 0 aromatic heterocycles. The Hall–Kier alpha value is 0.240. The second-order valence-electron chi connectivity index (χ2n) is 3.80. The summed E-state index contributed by atoms with van der Waals surface area (Å²) in [5.41, 5.74) is 0. The van der Waals surface area contributed by atoms with Crippen LogP contribution in [0.25, 0.3) is 0 Å². The maximum absolute atomic E-state index is 11.1. The van der Waals surface area contributed by atoms with Gasteiger partial charge in [-0.25, -0.2) is 8.42 Å². The molecular weight excluding hydrogens is 208 g/mol. The Balaban J connectivity index is 2.51. The molecular formula is C9H17ClO2S. The van der Waals surface area contributed by atoms with Crippen LogP contribution in [0.2, 0.25) is 0 Å². The molecule has 0 aliphatic heterocycles. The molecule has 0 aromatic rings. The van der Waals surface area contributed by atoms with Gasteiger partial charge >= 0.3 is 0 Å². The smallest absolute Gasteiger partial charge is 0.212 e. The first-order chi connectivity index (χ1) is 6.11. The van der Waals surface area contributed by atoms with E-state index in [9.17, 15) is 8.42 Å². The summed E-state index contributed by atoms with van der Waals surface area (Å²) in [6, 6.07) is 0. The summed E-state index contributed by atoms with van der Waals surface area (Å²) >= 11 is 0. The highest BCUT2D eigenvalue weighted by Gasteiger charge is 2.22. The normalized spacial score (nSPS) is 23.2. The van der Waals surface area contributed by atoms with E-state index < -0.39 is 9.05 Å². The standard InChI is InChI=1S/C9H17ClO2S/c10-13(11,12)9-7-5-3-1-2-4-6-8-9/h9H,1-8H2. The minimum Gasteiger partial charge on any atom is -0.212 e. The molecule has 0 unspecified atom stereocenters. The molecule has 1 fully saturated rings. The first-order valence-corrected chi connectivity index (χ1v) is 7.41. The molecule has 2 nitrogen and oxygen atoms in total. The Kier molecular flexibility index (Phi) is 4.53. The quantitative estimate of drug-likeness (QED) is 0.642. The monoisotopic (exact) mass is 224 g/mol. The van der Waals surface area contributed by atoms with Crippen LogP contribution in [0.1, 0.15) is 51.4 Å². The zero-order chi connectivity index (χ0) is 9.73. The average Bonchev–Trinajstić information content (AvgIpc) is 2.14. The Labute approximate surface area is 85.1 Å². The van der Waals surface area contributed by atoms with Gasteiger partial charge in [-0.3, -0.25) is 0 Å². The van der Waals surface area contributed by atoms with Crippen LogP contribution in [0, 0.1) is 0 Å². The first kappa shape index (κ1) is 11.3. The van der Waals surface area contributed by atoms with Gasteiger partial charge in [-0.05, 0) is 12.8 Å². The maximum atomic E-state index is 11.1. The van der Waals surface area contributed by atoms with Crippen molar-refractivity contribution in [1.29, 1.82) is 0 Å². The molecule has 1 rings (SSSR count). The van der Waals surface area contributed by atoms with Crippen LogP contribution in [0.3, 0.4) is 0 Å².